The van der Waals surface area contributed by atoms with Crippen LogP contribution in [0.2, 0.25) is 5.15 Å². The van der Waals surface area contributed by atoms with Gasteiger partial charge >= 0.3 is 0 Å². The number of aromatic nitrogens is 3. The van der Waals surface area contributed by atoms with Gasteiger partial charge in [0.25, 0.3) is 0 Å². The molecule has 2 heterocycles. The zero-order chi connectivity index (χ0) is 13.2. The van der Waals surface area contributed by atoms with Crippen LogP contribution in [0, 0.1) is 0 Å². The number of hydrogen-bond acceptors (Lipinski definition) is 4. The molecule has 0 atom stereocenters. The molecule has 0 unspecified atom stereocenters. The maximum atomic E-state index is 5.76. The molecule has 0 bridgehead atoms. The van der Waals surface area contributed by atoms with E-state index in [0.29, 0.717) is 5.15 Å². The van der Waals surface area contributed by atoms with Crippen molar-refractivity contribution in [3.05, 3.63) is 47.7 Å². The molecule has 2 aromatic heterocycles. The molecule has 0 aliphatic heterocycles. The Kier molecular flexibility index (Phi) is 3.01. The van der Waals surface area contributed by atoms with Crippen LogP contribution in [0.3, 0.4) is 0 Å². The zero-order valence-electron chi connectivity index (χ0n) is 10.2. The van der Waals surface area contributed by atoms with Crippen LogP contribution < -0.4 is 4.74 Å². The number of halogens is 1. The van der Waals surface area contributed by atoms with Crippen LogP contribution in [0.15, 0.2) is 42.6 Å². The Balaban J connectivity index is 2.27. The summed E-state index contributed by atoms with van der Waals surface area (Å²) in [5.74, 6) is 0.737. The molecule has 0 fully saturated rings. The molecule has 0 aliphatic rings. The number of benzene rings is 1. The predicted octanol–water partition coefficient (Wildman–Crippen LogP) is 3.35. The Hall–Kier alpha value is -2.20. The first-order valence-corrected chi connectivity index (χ1v) is 6.09. The van der Waals surface area contributed by atoms with Crippen molar-refractivity contribution in [2.45, 2.75) is 0 Å². The van der Waals surface area contributed by atoms with Crippen molar-refractivity contribution < 1.29 is 4.74 Å². The predicted molar refractivity (Wildman–Crippen MR) is 74.3 cm³/mol. The molecule has 4 nitrogen and oxygen atoms in total. The van der Waals surface area contributed by atoms with Crippen molar-refractivity contribution in [1.29, 1.82) is 0 Å². The van der Waals surface area contributed by atoms with Gasteiger partial charge in [0.05, 0.1) is 12.8 Å². The molecule has 5 heteroatoms. The molecule has 0 radical (unpaired) electrons. The average molecular weight is 272 g/mol. The van der Waals surface area contributed by atoms with Crippen LogP contribution >= 0.6 is 11.6 Å². The van der Waals surface area contributed by atoms with Gasteiger partial charge in [0.1, 0.15) is 11.3 Å². The summed E-state index contributed by atoms with van der Waals surface area (Å²) in [4.78, 5) is 4.36. The van der Waals surface area contributed by atoms with Crippen LogP contribution in [0.5, 0.6) is 5.75 Å². The normalized spacial score (nSPS) is 10.6. The molecule has 3 rings (SSSR count). The average Bonchev–Trinajstić information content (AvgIpc) is 2.47. The van der Waals surface area contributed by atoms with E-state index in [1.54, 1.807) is 19.4 Å². The molecular weight excluding hydrogens is 262 g/mol. The molecular formula is C14H10ClN3O. The molecule has 0 aliphatic carbocycles. The Labute approximate surface area is 115 Å². The Morgan fingerprint density at radius 1 is 1.05 bits per heavy atom. The van der Waals surface area contributed by atoms with Gasteiger partial charge < -0.3 is 4.74 Å². The minimum absolute atomic E-state index is 0.375. The van der Waals surface area contributed by atoms with Gasteiger partial charge in [-0.25, -0.2) is 0 Å². The van der Waals surface area contributed by atoms with Gasteiger partial charge in [-0.1, -0.05) is 17.7 Å². The van der Waals surface area contributed by atoms with E-state index in [0.717, 1.165) is 27.9 Å². The van der Waals surface area contributed by atoms with Crippen LogP contribution in [0.4, 0.5) is 0 Å². The first-order chi connectivity index (χ1) is 9.29. The molecule has 0 spiro atoms. The zero-order valence-corrected chi connectivity index (χ0v) is 10.9. The number of hydrogen-bond donors (Lipinski definition) is 0. The number of rotatable bonds is 2. The van der Waals surface area contributed by atoms with Crippen molar-refractivity contribution in [3.63, 3.8) is 0 Å². The minimum Gasteiger partial charge on any atom is -0.494 e. The summed E-state index contributed by atoms with van der Waals surface area (Å²) in [7, 11) is 1.63. The highest BCUT2D eigenvalue weighted by atomic mass is 35.5. The van der Waals surface area contributed by atoms with Crippen molar-refractivity contribution in [2.24, 2.45) is 0 Å². The molecule has 0 N–H and O–H groups in total. The van der Waals surface area contributed by atoms with Gasteiger partial charge in [0.2, 0.25) is 0 Å². The lowest BCUT2D eigenvalue weighted by atomic mass is 10.0. The Morgan fingerprint density at radius 3 is 2.68 bits per heavy atom. The van der Waals surface area contributed by atoms with Gasteiger partial charge in [-0.2, -0.15) is 0 Å². The van der Waals surface area contributed by atoms with E-state index in [1.807, 2.05) is 30.3 Å². The maximum absolute atomic E-state index is 5.76. The third-order valence-electron chi connectivity index (χ3n) is 2.86. The van der Waals surface area contributed by atoms with Gasteiger partial charge in [0, 0.05) is 17.1 Å². The quantitative estimate of drug-likeness (QED) is 0.717. The van der Waals surface area contributed by atoms with Crippen LogP contribution in [0.1, 0.15) is 0 Å². The second-order valence-electron chi connectivity index (χ2n) is 3.96. The fourth-order valence-corrected chi connectivity index (χ4v) is 2.10. The van der Waals surface area contributed by atoms with Gasteiger partial charge in [-0.05, 0) is 30.3 Å². The molecule has 0 saturated carbocycles. The van der Waals surface area contributed by atoms with E-state index in [9.17, 15) is 0 Å². The van der Waals surface area contributed by atoms with Crippen molar-refractivity contribution in [2.75, 3.05) is 7.11 Å². The standard InChI is InChI=1S/C14H10ClN3O/c1-19-12-6-4-9(10-3-2-8-16-14(10)12)11-5-7-13(15)18-17-11/h2-8H,1H3. The highest BCUT2D eigenvalue weighted by Gasteiger charge is 2.10. The molecule has 3 aromatic rings. The lowest BCUT2D eigenvalue weighted by Crippen LogP contribution is -1.92. The highest BCUT2D eigenvalue weighted by Crippen LogP contribution is 2.31. The van der Waals surface area contributed by atoms with Gasteiger partial charge in [0.15, 0.2) is 5.15 Å². The van der Waals surface area contributed by atoms with E-state index in [2.05, 4.69) is 15.2 Å². The molecule has 94 valence electrons. The van der Waals surface area contributed by atoms with Crippen molar-refractivity contribution in [1.82, 2.24) is 15.2 Å². The number of ether oxygens (including phenoxy) is 1. The monoisotopic (exact) mass is 271 g/mol. The molecule has 19 heavy (non-hydrogen) atoms. The summed E-state index contributed by atoms with van der Waals surface area (Å²) < 4.78 is 5.32. The summed E-state index contributed by atoms with van der Waals surface area (Å²) >= 11 is 5.76. The summed E-state index contributed by atoms with van der Waals surface area (Å²) in [5, 5.41) is 9.32. The smallest absolute Gasteiger partial charge is 0.151 e. The van der Waals surface area contributed by atoms with Crippen LogP contribution in [0.25, 0.3) is 22.2 Å². The third kappa shape index (κ3) is 2.11. The topological polar surface area (TPSA) is 47.9 Å². The lowest BCUT2D eigenvalue weighted by molar-refractivity contribution is 0.419. The summed E-state index contributed by atoms with van der Waals surface area (Å²) in [6.07, 6.45) is 1.74. The fourth-order valence-electron chi connectivity index (χ4n) is 1.99. The number of fused-ring (bicyclic) bond motifs is 1. The van der Waals surface area contributed by atoms with E-state index in [-0.39, 0.29) is 0 Å². The van der Waals surface area contributed by atoms with E-state index in [4.69, 9.17) is 16.3 Å². The first kappa shape index (κ1) is 11.9. The van der Waals surface area contributed by atoms with E-state index >= 15 is 0 Å². The van der Waals surface area contributed by atoms with Crippen molar-refractivity contribution >= 4 is 22.5 Å². The summed E-state index contributed by atoms with van der Waals surface area (Å²) in [5.41, 5.74) is 2.51. The first-order valence-electron chi connectivity index (χ1n) is 5.71. The number of methoxy groups -OCH3 is 1. The van der Waals surface area contributed by atoms with Crippen LogP contribution in [-0.2, 0) is 0 Å². The number of pyridine rings is 1. The Bertz CT molecular complexity index is 728. The Morgan fingerprint density at radius 2 is 1.95 bits per heavy atom. The van der Waals surface area contributed by atoms with Gasteiger partial charge in [-0.15, -0.1) is 10.2 Å². The van der Waals surface area contributed by atoms with Crippen molar-refractivity contribution in [3.8, 4) is 17.0 Å². The summed E-state index contributed by atoms with van der Waals surface area (Å²) in [6.45, 7) is 0. The second-order valence-corrected chi connectivity index (χ2v) is 4.34. The fraction of sp³-hybridized carbons (Fsp3) is 0.0714. The molecule has 0 saturated heterocycles. The highest BCUT2D eigenvalue weighted by molar-refractivity contribution is 6.29. The maximum Gasteiger partial charge on any atom is 0.151 e. The SMILES string of the molecule is COc1ccc(-c2ccc(Cl)nn2)c2cccnc12. The minimum atomic E-state index is 0.375. The van der Waals surface area contributed by atoms with E-state index in [1.165, 1.54) is 0 Å². The largest absolute Gasteiger partial charge is 0.494 e. The van der Waals surface area contributed by atoms with Gasteiger partial charge in [-0.3, -0.25) is 4.98 Å². The molecule has 1 aromatic carbocycles. The second kappa shape index (κ2) is 4.82. The third-order valence-corrected chi connectivity index (χ3v) is 3.06. The lowest BCUT2D eigenvalue weighted by Gasteiger charge is -2.08. The van der Waals surface area contributed by atoms with E-state index < -0.39 is 0 Å². The summed E-state index contributed by atoms with van der Waals surface area (Å²) in [6, 6.07) is 11.2. The van der Waals surface area contributed by atoms with Crippen LogP contribution in [-0.4, -0.2) is 22.3 Å². The number of nitrogens with zero attached hydrogens (tertiary/aromatic N) is 3. The molecule has 0 amide bonds.